The fourth-order valence-electron chi connectivity index (χ4n) is 3.96. The Morgan fingerprint density at radius 1 is 1.08 bits per heavy atom. The molecule has 0 aliphatic carbocycles. The summed E-state index contributed by atoms with van der Waals surface area (Å²) in [5.41, 5.74) is 5.58. The van der Waals surface area contributed by atoms with E-state index in [4.69, 9.17) is 5.73 Å². The number of hydrogen-bond donors (Lipinski definition) is 2. The Balaban J connectivity index is 0.00000400. The average molecular weight is 548 g/mol. The Morgan fingerprint density at radius 2 is 1.82 bits per heavy atom. The molecule has 4 rings (SSSR count). The Morgan fingerprint density at radius 3 is 2.50 bits per heavy atom. The molecule has 2 aromatic carbocycles. The molecule has 1 aliphatic rings. The summed E-state index contributed by atoms with van der Waals surface area (Å²) in [5.74, 6) is 4.24. The van der Waals surface area contributed by atoms with Gasteiger partial charge < -0.3 is 16.0 Å². The number of halogens is 5. The number of benzene rings is 2. The van der Waals surface area contributed by atoms with Gasteiger partial charge in [-0.15, -0.1) is 12.4 Å². The van der Waals surface area contributed by atoms with Crippen molar-refractivity contribution in [2.75, 3.05) is 44.3 Å². The number of pyridine rings is 1. The van der Waals surface area contributed by atoms with Crippen LogP contribution in [0, 0.1) is 17.7 Å². The largest absolute Gasteiger partial charge is 0.416 e. The number of rotatable bonds is 4. The van der Waals surface area contributed by atoms with Crippen molar-refractivity contribution < 1.29 is 22.4 Å². The molecule has 3 N–H and O–H groups in total. The number of aromatic nitrogens is 1. The smallest absolute Gasteiger partial charge is 0.383 e. The number of nitrogens with zero attached hydrogens (tertiary/aromatic N) is 3. The topological polar surface area (TPSA) is 74.5 Å². The minimum Gasteiger partial charge on any atom is -0.383 e. The fourth-order valence-corrected chi connectivity index (χ4v) is 3.96. The van der Waals surface area contributed by atoms with E-state index in [1.54, 1.807) is 12.1 Å². The minimum absolute atomic E-state index is 0. The molecule has 11 heteroatoms. The molecule has 6 nitrogen and oxygen atoms in total. The standard InChI is InChI=1S/C27H25F4N5O.ClH/c1-35-9-11-36(12-10-35)17-20-6-7-23(16-24(20)27(29,30)31)34-26(37)21-13-18(14-22(28)15-21)4-5-19-3-2-8-33-25(19)32;/h2-3,6-8,13-16H,9-12,17H2,1H3,(H2,32,33)(H,34,37);1H. The molecular weight excluding hydrogens is 522 g/mol. The van der Waals surface area contributed by atoms with Crippen LogP contribution in [0.4, 0.5) is 29.1 Å². The van der Waals surface area contributed by atoms with Crippen LogP contribution in [0.3, 0.4) is 0 Å². The van der Waals surface area contributed by atoms with Crippen molar-refractivity contribution in [2.24, 2.45) is 0 Å². The predicted octanol–water partition coefficient (Wildman–Crippen LogP) is 4.64. The number of hydrogen-bond acceptors (Lipinski definition) is 5. The molecule has 2 heterocycles. The molecule has 0 unspecified atom stereocenters. The third-order valence-electron chi connectivity index (χ3n) is 6.00. The third-order valence-corrected chi connectivity index (χ3v) is 6.00. The minimum atomic E-state index is -4.60. The Kier molecular flexibility index (Phi) is 9.33. The van der Waals surface area contributed by atoms with Gasteiger partial charge in [0.05, 0.1) is 11.1 Å². The summed E-state index contributed by atoms with van der Waals surface area (Å²) in [4.78, 5) is 20.8. The average Bonchev–Trinajstić information content (AvgIpc) is 2.85. The van der Waals surface area contributed by atoms with Crippen LogP contribution in [-0.2, 0) is 12.7 Å². The van der Waals surface area contributed by atoms with Crippen molar-refractivity contribution in [3.63, 3.8) is 0 Å². The monoisotopic (exact) mass is 547 g/mol. The number of carbonyl (C=O) groups is 1. The summed E-state index contributed by atoms with van der Waals surface area (Å²) >= 11 is 0. The number of amides is 1. The van der Waals surface area contributed by atoms with Gasteiger partial charge in [0, 0.05) is 55.7 Å². The number of nitrogens with two attached hydrogens (primary N) is 1. The SMILES string of the molecule is CN1CCN(Cc2ccc(NC(=O)c3cc(F)cc(C#Cc4cccnc4N)c3)cc2C(F)(F)F)CC1.Cl. The highest BCUT2D eigenvalue weighted by Gasteiger charge is 2.34. The van der Waals surface area contributed by atoms with Gasteiger partial charge in [-0.25, -0.2) is 9.37 Å². The summed E-state index contributed by atoms with van der Waals surface area (Å²) in [6, 6.07) is 10.5. The molecule has 1 fully saturated rings. The van der Waals surface area contributed by atoms with Gasteiger partial charge in [-0.3, -0.25) is 9.69 Å². The van der Waals surface area contributed by atoms with Gasteiger partial charge in [0.25, 0.3) is 5.91 Å². The van der Waals surface area contributed by atoms with Crippen molar-refractivity contribution in [3.05, 3.63) is 88.4 Å². The lowest BCUT2D eigenvalue weighted by atomic mass is 10.0. The van der Waals surface area contributed by atoms with Gasteiger partial charge >= 0.3 is 6.18 Å². The highest BCUT2D eigenvalue weighted by atomic mass is 35.5. The van der Waals surface area contributed by atoms with Crippen LogP contribution in [0.15, 0.2) is 54.7 Å². The van der Waals surface area contributed by atoms with E-state index >= 15 is 0 Å². The zero-order valence-corrected chi connectivity index (χ0v) is 21.3. The molecule has 200 valence electrons. The molecule has 3 aromatic rings. The number of alkyl halides is 3. The summed E-state index contributed by atoms with van der Waals surface area (Å²) in [7, 11) is 1.97. The van der Waals surface area contributed by atoms with Crippen LogP contribution in [0.2, 0.25) is 0 Å². The van der Waals surface area contributed by atoms with Crippen LogP contribution in [0.25, 0.3) is 0 Å². The normalized spacial score (nSPS) is 14.2. The van der Waals surface area contributed by atoms with E-state index in [9.17, 15) is 22.4 Å². The first-order valence-electron chi connectivity index (χ1n) is 11.5. The molecule has 1 amide bonds. The number of piperazine rings is 1. The molecule has 0 radical (unpaired) electrons. The lowest BCUT2D eigenvalue weighted by molar-refractivity contribution is -0.138. The highest BCUT2D eigenvalue weighted by Crippen LogP contribution is 2.34. The molecule has 38 heavy (non-hydrogen) atoms. The Labute approximate surface area is 224 Å². The van der Waals surface area contributed by atoms with Gasteiger partial charge in [0.15, 0.2) is 0 Å². The van der Waals surface area contributed by atoms with Crippen LogP contribution >= 0.6 is 12.4 Å². The molecular formula is C27H26ClF4N5O. The molecule has 1 saturated heterocycles. The van der Waals surface area contributed by atoms with Crippen molar-refractivity contribution in [1.29, 1.82) is 0 Å². The van der Waals surface area contributed by atoms with E-state index in [-0.39, 0.29) is 47.1 Å². The second kappa shape index (κ2) is 12.3. The predicted molar refractivity (Wildman–Crippen MR) is 140 cm³/mol. The summed E-state index contributed by atoms with van der Waals surface area (Å²) in [6.45, 7) is 3.06. The maximum absolute atomic E-state index is 14.2. The van der Waals surface area contributed by atoms with E-state index in [0.717, 1.165) is 31.3 Å². The zero-order chi connectivity index (χ0) is 26.6. The Hall–Kier alpha value is -3.65. The first-order chi connectivity index (χ1) is 17.6. The molecule has 0 atom stereocenters. The first-order valence-corrected chi connectivity index (χ1v) is 11.5. The third kappa shape index (κ3) is 7.44. The second-order valence-corrected chi connectivity index (χ2v) is 8.82. The van der Waals surface area contributed by atoms with Gasteiger partial charge in [-0.2, -0.15) is 13.2 Å². The lowest BCUT2D eigenvalue weighted by Gasteiger charge is -2.33. The lowest BCUT2D eigenvalue weighted by Crippen LogP contribution is -2.44. The number of likely N-dealkylation sites (N-methyl/N-ethyl adjacent to an activating group) is 1. The molecule has 1 aromatic heterocycles. The van der Waals surface area contributed by atoms with Gasteiger partial charge in [0.2, 0.25) is 0 Å². The molecule has 0 saturated carbocycles. The van der Waals surface area contributed by atoms with Crippen molar-refractivity contribution in [3.8, 4) is 11.8 Å². The molecule has 0 spiro atoms. The van der Waals surface area contributed by atoms with Crippen LogP contribution in [0.1, 0.15) is 32.6 Å². The van der Waals surface area contributed by atoms with Crippen molar-refractivity contribution in [1.82, 2.24) is 14.8 Å². The summed E-state index contributed by atoms with van der Waals surface area (Å²) in [6.07, 6.45) is -3.09. The summed E-state index contributed by atoms with van der Waals surface area (Å²) < 4.78 is 55.7. The van der Waals surface area contributed by atoms with E-state index in [1.807, 2.05) is 11.9 Å². The fraction of sp³-hybridized carbons (Fsp3) is 0.259. The van der Waals surface area contributed by atoms with Crippen molar-refractivity contribution in [2.45, 2.75) is 12.7 Å². The zero-order valence-electron chi connectivity index (χ0n) is 20.5. The van der Waals surface area contributed by atoms with Crippen LogP contribution in [0.5, 0.6) is 0 Å². The number of nitrogens with one attached hydrogen (secondary N) is 1. The maximum atomic E-state index is 14.2. The number of nitrogen functional groups attached to an aromatic ring is 1. The molecule has 0 bridgehead atoms. The van der Waals surface area contributed by atoms with Crippen LogP contribution in [-0.4, -0.2) is 53.9 Å². The highest BCUT2D eigenvalue weighted by molar-refractivity contribution is 6.04. The van der Waals surface area contributed by atoms with E-state index < -0.39 is 23.5 Å². The number of carbonyl (C=O) groups excluding carboxylic acids is 1. The second-order valence-electron chi connectivity index (χ2n) is 8.82. The maximum Gasteiger partial charge on any atom is 0.416 e. The molecule has 1 aliphatic heterocycles. The van der Waals surface area contributed by atoms with Crippen molar-refractivity contribution >= 4 is 29.8 Å². The first kappa shape index (κ1) is 28.9. The van der Waals surface area contributed by atoms with Crippen LogP contribution < -0.4 is 11.1 Å². The van der Waals surface area contributed by atoms with Gasteiger partial charge in [-0.1, -0.05) is 17.9 Å². The van der Waals surface area contributed by atoms with E-state index in [0.29, 0.717) is 18.7 Å². The number of anilines is 2. The quantitative estimate of drug-likeness (QED) is 0.368. The summed E-state index contributed by atoms with van der Waals surface area (Å²) in [5, 5.41) is 2.44. The van der Waals surface area contributed by atoms with E-state index in [1.165, 1.54) is 24.4 Å². The van der Waals surface area contributed by atoms with Gasteiger partial charge in [0.1, 0.15) is 11.6 Å². The van der Waals surface area contributed by atoms with E-state index in [2.05, 4.69) is 27.0 Å². The van der Waals surface area contributed by atoms with Gasteiger partial charge in [-0.05, 0) is 55.1 Å². The Bertz CT molecular complexity index is 1360.